The van der Waals surface area contributed by atoms with Crippen molar-refractivity contribution in [1.82, 2.24) is 4.98 Å². The van der Waals surface area contributed by atoms with Gasteiger partial charge in [0.2, 0.25) is 0 Å². The Balaban J connectivity index is 2.23. The van der Waals surface area contributed by atoms with Crippen molar-refractivity contribution in [3.8, 4) is 0 Å². The Bertz CT molecular complexity index is 644. The minimum Gasteiger partial charge on any atom is -0.464 e. The summed E-state index contributed by atoms with van der Waals surface area (Å²) in [5.41, 5.74) is 7.72. The summed E-state index contributed by atoms with van der Waals surface area (Å²) in [6, 6.07) is 10.7. The van der Waals surface area contributed by atoms with Crippen molar-refractivity contribution < 1.29 is 9.53 Å². The van der Waals surface area contributed by atoms with E-state index in [1.807, 2.05) is 36.2 Å². The number of methoxy groups -OCH3 is 1. The van der Waals surface area contributed by atoms with Crippen LogP contribution in [0.15, 0.2) is 36.4 Å². The molecule has 1 aromatic carbocycles. The van der Waals surface area contributed by atoms with Crippen molar-refractivity contribution in [2.75, 3.05) is 24.8 Å². The van der Waals surface area contributed by atoms with Crippen LogP contribution in [0.4, 0.5) is 11.5 Å². The highest BCUT2D eigenvalue weighted by atomic mass is 35.5. The van der Waals surface area contributed by atoms with Crippen LogP contribution in [0.3, 0.4) is 0 Å². The van der Waals surface area contributed by atoms with E-state index >= 15 is 0 Å². The number of nitrogens with two attached hydrogens (primary N) is 1. The first-order valence-corrected chi connectivity index (χ1v) is 6.69. The lowest BCUT2D eigenvalue weighted by molar-refractivity contribution is 0.0594. The number of pyridine rings is 1. The fraction of sp³-hybridized carbons (Fsp3) is 0.200. The highest BCUT2D eigenvalue weighted by Crippen LogP contribution is 2.22. The molecule has 0 bridgehead atoms. The maximum Gasteiger partial charge on any atom is 0.356 e. The zero-order chi connectivity index (χ0) is 15.4. The van der Waals surface area contributed by atoms with E-state index in [2.05, 4.69) is 9.72 Å². The molecule has 2 N–H and O–H groups in total. The number of benzene rings is 1. The normalized spacial score (nSPS) is 10.2. The van der Waals surface area contributed by atoms with Crippen LogP contribution in [-0.2, 0) is 11.3 Å². The molecule has 0 aliphatic rings. The maximum absolute atomic E-state index is 11.5. The summed E-state index contributed by atoms with van der Waals surface area (Å²) < 4.78 is 4.67. The molecule has 1 aromatic heterocycles. The first-order chi connectivity index (χ1) is 10.0. The predicted molar refractivity (Wildman–Crippen MR) is 83.5 cm³/mol. The standard InChI is InChI=1S/C15H16ClN3O2/c1-19(9-10-3-5-11(16)6-4-10)14-12(17)7-8-13(18-14)15(20)21-2/h3-8H,9,17H2,1-2H3. The van der Waals surface area contributed by atoms with Gasteiger partial charge in [-0.3, -0.25) is 0 Å². The molecule has 0 amide bonds. The quantitative estimate of drug-likeness (QED) is 0.880. The Hall–Kier alpha value is -2.27. The topological polar surface area (TPSA) is 68.5 Å². The van der Waals surface area contributed by atoms with Gasteiger partial charge < -0.3 is 15.4 Å². The highest BCUT2D eigenvalue weighted by molar-refractivity contribution is 6.30. The molecule has 0 aliphatic carbocycles. The first-order valence-electron chi connectivity index (χ1n) is 6.31. The molecule has 0 saturated heterocycles. The van der Waals surface area contributed by atoms with Crippen LogP contribution in [0.2, 0.25) is 5.02 Å². The summed E-state index contributed by atoms with van der Waals surface area (Å²) in [5.74, 6) is 0.0454. The summed E-state index contributed by atoms with van der Waals surface area (Å²) in [6.45, 7) is 0.596. The van der Waals surface area contributed by atoms with Gasteiger partial charge in [0.05, 0.1) is 12.8 Å². The fourth-order valence-electron chi connectivity index (χ4n) is 1.92. The summed E-state index contributed by atoms with van der Waals surface area (Å²) in [5, 5.41) is 0.687. The van der Waals surface area contributed by atoms with Gasteiger partial charge >= 0.3 is 5.97 Å². The van der Waals surface area contributed by atoms with E-state index in [0.29, 0.717) is 23.1 Å². The molecule has 2 aromatic rings. The Morgan fingerprint density at radius 1 is 1.29 bits per heavy atom. The molecule has 1 heterocycles. The van der Waals surface area contributed by atoms with Gasteiger partial charge in [-0.2, -0.15) is 0 Å². The molecule has 5 nitrogen and oxygen atoms in total. The molecular formula is C15H16ClN3O2. The third kappa shape index (κ3) is 3.64. The third-order valence-electron chi connectivity index (χ3n) is 2.99. The minimum absolute atomic E-state index is 0.227. The summed E-state index contributed by atoms with van der Waals surface area (Å²) in [7, 11) is 3.17. The number of carbonyl (C=O) groups is 1. The van der Waals surface area contributed by atoms with E-state index in [0.717, 1.165) is 5.56 Å². The molecule has 0 unspecified atom stereocenters. The lowest BCUT2D eigenvalue weighted by atomic mass is 10.2. The van der Waals surface area contributed by atoms with Crippen LogP contribution in [0, 0.1) is 0 Å². The van der Waals surface area contributed by atoms with E-state index < -0.39 is 5.97 Å². The average molecular weight is 306 g/mol. The van der Waals surface area contributed by atoms with Gasteiger partial charge in [-0.25, -0.2) is 9.78 Å². The maximum atomic E-state index is 11.5. The summed E-state index contributed by atoms with van der Waals surface area (Å²) >= 11 is 5.86. The van der Waals surface area contributed by atoms with E-state index in [9.17, 15) is 4.79 Å². The Labute approximate surface area is 128 Å². The molecule has 0 fully saturated rings. The van der Waals surface area contributed by atoms with Crippen molar-refractivity contribution in [1.29, 1.82) is 0 Å². The van der Waals surface area contributed by atoms with E-state index in [-0.39, 0.29) is 5.69 Å². The van der Waals surface area contributed by atoms with Crippen LogP contribution < -0.4 is 10.6 Å². The summed E-state index contributed by atoms with van der Waals surface area (Å²) in [4.78, 5) is 17.7. The van der Waals surface area contributed by atoms with Gasteiger partial charge in [-0.15, -0.1) is 0 Å². The second-order valence-corrected chi connectivity index (χ2v) is 5.02. The number of esters is 1. The van der Waals surface area contributed by atoms with Gasteiger partial charge in [-0.1, -0.05) is 23.7 Å². The number of carbonyl (C=O) groups excluding carboxylic acids is 1. The number of nitrogens with zero attached hydrogens (tertiary/aromatic N) is 2. The fourth-order valence-corrected chi connectivity index (χ4v) is 2.05. The van der Waals surface area contributed by atoms with Crippen molar-refractivity contribution >= 4 is 29.1 Å². The second-order valence-electron chi connectivity index (χ2n) is 4.58. The number of aromatic nitrogens is 1. The SMILES string of the molecule is COC(=O)c1ccc(N)c(N(C)Cc2ccc(Cl)cc2)n1. The molecule has 21 heavy (non-hydrogen) atoms. The molecule has 110 valence electrons. The lowest BCUT2D eigenvalue weighted by Crippen LogP contribution is -2.20. The van der Waals surface area contributed by atoms with Crippen LogP contribution in [0.25, 0.3) is 0 Å². The molecule has 0 radical (unpaired) electrons. The lowest BCUT2D eigenvalue weighted by Gasteiger charge is -2.20. The Morgan fingerprint density at radius 2 is 1.95 bits per heavy atom. The van der Waals surface area contributed by atoms with Gasteiger partial charge in [0.1, 0.15) is 0 Å². The number of rotatable bonds is 4. The number of hydrogen-bond donors (Lipinski definition) is 1. The van der Waals surface area contributed by atoms with Gasteiger partial charge in [0, 0.05) is 18.6 Å². The zero-order valence-corrected chi connectivity index (χ0v) is 12.6. The average Bonchev–Trinajstić information content (AvgIpc) is 2.49. The number of anilines is 2. The van der Waals surface area contributed by atoms with Gasteiger partial charge in [-0.05, 0) is 29.8 Å². The van der Waals surface area contributed by atoms with Crippen molar-refractivity contribution in [2.45, 2.75) is 6.54 Å². The highest BCUT2D eigenvalue weighted by Gasteiger charge is 2.13. The number of nitrogen functional groups attached to an aromatic ring is 1. The van der Waals surface area contributed by atoms with Crippen LogP contribution in [0.5, 0.6) is 0 Å². The molecule has 2 rings (SSSR count). The predicted octanol–water partition coefficient (Wildman–Crippen LogP) is 2.74. The largest absolute Gasteiger partial charge is 0.464 e. The zero-order valence-electron chi connectivity index (χ0n) is 11.8. The van der Waals surface area contributed by atoms with E-state index in [1.165, 1.54) is 7.11 Å². The Kier molecular flexibility index (Phi) is 4.65. The molecule has 0 saturated carbocycles. The number of ether oxygens (including phenoxy) is 1. The van der Waals surface area contributed by atoms with Crippen molar-refractivity contribution in [3.63, 3.8) is 0 Å². The van der Waals surface area contributed by atoms with Crippen LogP contribution in [-0.4, -0.2) is 25.1 Å². The third-order valence-corrected chi connectivity index (χ3v) is 3.25. The molecule has 0 aliphatic heterocycles. The molecule has 0 atom stereocenters. The van der Waals surface area contributed by atoms with Crippen LogP contribution in [0.1, 0.15) is 16.1 Å². The first kappa shape index (κ1) is 15.1. The molecule has 6 heteroatoms. The van der Waals surface area contributed by atoms with Crippen molar-refractivity contribution in [3.05, 3.63) is 52.7 Å². The van der Waals surface area contributed by atoms with Crippen molar-refractivity contribution in [2.24, 2.45) is 0 Å². The van der Waals surface area contributed by atoms with Crippen LogP contribution >= 0.6 is 11.6 Å². The van der Waals surface area contributed by atoms with Gasteiger partial charge in [0.25, 0.3) is 0 Å². The second kappa shape index (κ2) is 6.45. The molecule has 0 spiro atoms. The van der Waals surface area contributed by atoms with E-state index in [4.69, 9.17) is 17.3 Å². The summed E-state index contributed by atoms with van der Waals surface area (Å²) in [6.07, 6.45) is 0. The smallest absolute Gasteiger partial charge is 0.356 e. The number of hydrogen-bond acceptors (Lipinski definition) is 5. The van der Waals surface area contributed by atoms with E-state index in [1.54, 1.807) is 12.1 Å². The monoisotopic (exact) mass is 305 g/mol. The minimum atomic E-state index is -0.490. The Morgan fingerprint density at radius 3 is 2.57 bits per heavy atom. The van der Waals surface area contributed by atoms with Gasteiger partial charge in [0.15, 0.2) is 11.5 Å². The molecular weight excluding hydrogens is 290 g/mol. The number of halogens is 1.